The Bertz CT molecular complexity index is 651. The third-order valence-electron chi connectivity index (χ3n) is 2.77. The molecule has 96 valence electrons. The topological polar surface area (TPSA) is 59.0 Å². The van der Waals surface area contributed by atoms with E-state index >= 15 is 0 Å². The molecule has 4 heteroatoms. The molecule has 0 spiro atoms. The van der Waals surface area contributed by atoms with E-state index in [2.05, 4.69) is 6.07 Å². The Morgan fingerprint density at radius 2 is 1.79 bits per heavy atom. The van der Waals surface area contributed by atoms with Crippen LogP contribution in [0, 0.1) is 31.0 Å². The maximum atomic E-state index is 13.0. The number of hydrogen-bond acceptors (Lipinski definition) is 3. The second-order valence-electron chi connectivity index (χ2n) is 4.34. The molecule has 2 N–H and O–H groups in total. The number of nitrogens with zero attached hydrogens (tertiary/aromatic N) is 1. The van der Waals surface area contributed by atoms with Crippen LogP contribution in [0.4, 0.5) is 10.1 Å². The summed E-state index contributed by atoms with van der Waals surface area (Å²) in [5, 5.41) is 8.89. The summed E-state index contributed by atoms with van der Waals surface area (Å²) in [6, 6.07) is 9.56. The summed E-state index contributed by atoms with van der Waals surface area (Å²) in [5.41, 5.74) is 8.19. The first-order chi connectivity index (χ1) is 9.01. The molecule has 0 saturated heterocycles. The van der Waals surface area contributed by atoms with E-state index in [-0.39, 0.29) is 5.69 Å². The highest BCUT2D eigenvalue weighted by molar-refractivity contribution is 5.56. The van der Waals surface area contributed by atoms with Crippen molar-refractivity contribution in [3.05, 3.63) is 52.8 Å². The number of nitrogen functional groups attached to an aromatic ring is 1. The third-order valence-corrected chi connectivity index (χ3v) is 2.77. The highest BCUT2D eigenvalue weighted by Gasteiger charge is 2.10. The Morgan fingerprint density at radius 3 is 2.32 bits per heavy atom. The maximum absolute atomic E-state index is 13.0. The Hall–Kier alpha value is -2.54. The van der Waals surface area contributed by atoms with Gasteiger partial charge in [-0.25, -0.2) is 4.39 Å². The van der Waals surface area contributed by atoms with Gasteiger partial charge in [-0.2, -0.15) is 5.26 Å². The zero-order chi connectivity index (χ0) is 14.0. The van der Waals surface area contributed by atoms with Gasteiger partial charge >= 0.3 is 0 Å². The molecule has 3 nitrogen and oxygen atoms in total. The third kappa shape index (κ3) is 2.66. The lowest BCUT2D eigenvalue weighted by Gasteiger charge is -2.13. The van der Waals surface area contributed by atoms with Crippen molar-refractivity contribution >= 4 is 5.69 Å². The first-order valence-corrected chi connectivity index (χ1v) is 5.75. The number of aryl methyl sites for hydroxylation is 2. The van der Waals surface area contributed by atoms with Crippen LogP contribution < -0.4 is 10.5 Å². The van der Waals surface area contributed by atoms with E-state index in [0.717, 1.165) is 11.1 Å². The van der Waals surface area contributed by atoms with Gasteiger partial charge in [0, 0.05) is 6.07 Å². The molecule has 0 bridgehead atoms. The number of anilines is 1. The van der Waals surface area contributed by atoms with Gasteiger partial charge in [-0.05, 0) is 49.2 Å². The first kappa shape index (κ1) is 12.9. The molecule has 0 atom stereocenters. The molecule has 19 heavy (non-hydrogen) atoms. The fraction of sp³-hybridized carbons (Fsp3) is 0.133. The van der Waals surface area contributed by atoms with E-state index in [1.807, 2.05) is 13.8 Å². The van der Waals surface area contributed by atoms with Gasteiger partial charge in [0.25, 0.3) is 0 Å². The van der Waals surface area contributed by atoms with Gasteiger partial charge in [0.15, 0.2) is 5.75 Å². The summed E-state index contributed by atoms with van der Waals surface area (Å²) >= 11 is 0. The lowest BCUT2D eigenvalue weighted by Crippen LogP contribution is -1.96. The smallest absolute Gasteiger partial charge is 0.150 e. The summed E-state index contributed by atoms with van der Waals surface area (Å²) in [5.74, 6) is 0.632. The van der Waals surface area contributed by atoms with E-state index in [1.54, 1.807) is 12.1 Å². The van der Waals surface area contributed by atoms with E-state index in [1.165, 1.54) is 18.2 Å². The second-order valence-corrected chi connectivity index (χ2v) is 4.34. The average Bonchev–Trinajstić information content (AvgIpc) is 2.35. The number of halogens is 1. The minimum absolute atomic E-state index is 0.239. The average molecular weight is 256 g/mol. The summed E-state index contributed by atoms with van der Waals surface area (Å²) in [4.78, 5) is 0. The molecule has 0 heterocycles. The molecule has 2 aromatic carbocycles. The minimum Gasteiger partial charge on any atom is -0.455 e. The number of ether oxygens (including phenoxy) is 1. The van der Waals surface area contributed by atoms with Crippen LogP contribution in [-0.2, 0) is 0 Å². The predicted molar refractivity (Wildman–Crippen MR) is 71.5 cm³/mol. The minimum atomic E-state index is -0.405. The van der Waals surface area contributed by atoms with Crippen molar-refractivity contribution in [2.24, 2.45) is 0 Å². The van der Waals surface area contributed by atoms with Crippen molar-refractivity contribution in [1.82, 2.24) is 0 Å². The molecule has 0 fully saturated rings. The highest BCUT2D eigenvalue weighted by atomic mass is 19.1. The van der Waals surface area contributed by atoms with Crippen molar-refractivity contribution < 1.29 is 9.13 Å². The fourth-order valence-corrected chi connectivity index (χ4v) is 1.90. The zero-order valence-corrected chi connectivity index (χ0v) is 10.7. The molecular weight excluding hydrogens is 243 g/mol. The van der Waals surface area contributed by atoms with E-state index in [9.17, 15) is 4.39 Å². The van der Waals surface area contributed by atoms with E-state index in [0.29, 0.717) is 17.1 Å². The Kier molecular flexibility index (Phi) is 3.39. The summed E-state index contributed by atoms with van der Waals surface area (Å²) < 4.78 is 18.7. The first-order valence-electron chi connectivity index (χ1n) is 5.75. The number of benzene rings is 2. The summed E-state index contributed by atoms with van der Waals surface area (Å²) in [7, 11) is 0. The number of rotatable bonds is 2. The van der Waals surface area contributed by atoms with Crippen LogP contribution in [0.1, 0.15) is 16.7 Å². The van der Waals surface area contributed by atoms with Gasteiger partial charge < -0.3 is 10.5 Å². The van der Waals surface area contributed by atoms with Crippen LogP contribution in [0.15, 0.2) is 30.3 Å². The van der Waals surface area contributed by atoms with Crippen LogP contribution in [0.2, 0.25) is 0 Å². The fourth-order valence-electron chi connectivity index (χ4n) is 1.90. The predicted octanol–water partition coefficient (Wildman–Crippen LogP) is 3.69. The molecule has 2 aromatic rings. The largest absolute Gasteiger partial charge is 0.455 e. The molecule has 0 amide bonds. The second kappa shape index (κ2) is 4.99. The molecule has 0 aromatic heterocycles. The summed E-state index contributed by atoms with van der Waals surface area (Å²) in [6.07, 6.45) is 0. The van der Waals surface area contributed by atoms with Crippen LogP contribution in [0.25, 0.3) is 0 Å². The Balaban J connectivity index is 2.41. The van der Waals surface area contributed by atoms with Crippen molar-refractivity contribution in [3.8, 4) is 17.6 Å². The van der Waals surface area contributed by atoms with Gasteiger partial charge in [-0.3, -0.25) is 0 Å². The van der Waals surface area contributed by atoms with Crippen molar-refractivity contribution in [3.63, 3.8) is 0 Å². The SMILES string of the molecule is Cc1cc(C#N)cc(C)c1Oc1ccc(F)cc1N. The van der Waals surface area contributed by atoms with Gasteiger partial charge in [0.2, 0.25) is 0 Å². The highest BCUT2D eigenvalue weighted by Crippen LogP contribution is 2.33. The molecule has 0 aliphatic carbocycles. The van der Waals surface area contributed by atoms with Crippen molar-refractivity contribution in [1.29, 1.82) is 5.26 Å². The number of hydrogen-bond donors (Lipinski definition) is 1. The van der Waals surface area contributed by atoms with Crippen LogP contribution in [-0.4, -0.2) is 0 Å². The maximum Gasteiger partial charge on any atom is 0.150 e. The molecule has 0 unspecified atom stereocenters. The molecule has 2 rings (SSSR count). The zero-order valence-electron chi connectivity index (χ0n) is 10.7. The quantitative estimate of drug-likeness (QED) is 0.833. The molecule has 0 aliphatic heterocycles. The van der Waals surface area contributed by atoms with E-state index in [4.69, 9.17) is 15.7 Å². The molecular formula is C15H13FN2O. The van der Waals surface area contributed by atoms with Gasteiger partial charge in [-0.15, -0.1) is 0 Å². The van der Waals surface area contributed by atoms with Crippen molar-refractivity contribution in [2.45, 2.75) is 13.8 Å². The van der Waals surface area contributed by atoms with E-state index < -0.39 is 5.82 Å². The monoisotopic (exact) mass is 256 g/mol. The number of nitriles is 1. The lowest BCUT2D eigenvalue weighted by molar-refractivity contribution is 0.475. The summed E-state index contributed by atoms with van der Waals surface area (Å²) in [6.45, 7) is 3.70. The Morgan fingerprint density at radius 1 is 1.16 bits per heavy atom. The van der Waals surface area contributed by atoms with Gasteiger partial charge in [0.1, 0.15) is 11.6 Å². The molecule has 0 radical (unpaired) electrons. The van der Waals surface area contributed by atoms with Gasteiger partial charge in [0.05, 0.1) is 17.3 Å². The lowest BCUT2D eigenvalue weighted by atomic mass is 10.1. The number of nitrogens with two attached hydrogens (primary N) is 1. The van der Waals surface area contributed by atoms with Crippen LogP contribution in [0.5, 0.6) is 11.5 Å². The van der Waals surface area contributed by atoms with Crippen molar-refractivity contribution in [2.75, 3.05) is 5.73 Å². The molecule has 0 aliphatic rings. The van der Waals surface area contributed by atoms with Crippen LogP contribution >= 0.6 is 0 Å². The Labute approximate surface area is 111 Å². The van der Waals surface area contributed by atoms with Gasteiger partial charge in [-0.1, -0.05) is 0 Å². The molecule has 0 saturated carbocycles. The normalized spacial score (nSPS) is 10.0. The van der Waals surface area contributed by atoms with Crippen LogP contribution in [0.3, 0.4) is 0 Å². The standard InChI is InChI=1S/C15H13FN2O/c1-9-5-11(8-17)6-10(2)15(9)19-14-4-3-12(16)7-13(14)18/h3-7H,18H2,1-2H3.